The Morgan fingerprint density at radius 2 is 1.92 bits per heavy atom. The van der Waals surface area contributed by atoms with Crippen LogP contribution in [0.3, 0.4) is 0 Å². The summed E-state index contributed by atoms with van der Waals surface area (Å²) in [6, 6.07) is 7.77. The van der Waals surface area contributed by atoms with Crippen LogP contribution in [0.25, 0.3) is 0 Å². The minimum absolute atomic E-state index is 0.339. The molecule has 1 atom stereocenters. The molecule has 0 fully saturated rings. The number of esters is 1. The van der Waals surface area contributed by atoms with Crippen molar-refractivity contribution in [2.75, 3.05) is 11.9 Å². The summed E-state index contributed by atoms with van der Waals surface area (Å²) in [4.78, 5) is 36.2. The molecular formula is C17H20N4O4S. The Kier molecular flexibility index (Phi) is 7.22. The molecule has 0 bridgehead atoms. The Morgan fingerprint density at radius 3 is 2.54 bits per heavy atom. The Balaban J connectivity index is 1.87. The lowest BCUT2D eigenvalue weighted by Gasteiger charge is -2.17. The predicted octanol–water partition coefficient (Wildman–Crippen LogP) is 1.93. The van der Waals surface area contributed by atoms with Crippen LogP contribution >= 0.6 is 11.3 Å². The highest BCUT2D eigenvalue weighted by Gasteiger charge is 2.23. The zero-order valence-corrected chi connectivity index (χ0v) is 15.3. The van der Waals surface area contributed by atoms with Gasteiger partial charge in [0.05, 0.1) is 0 Å². The highest BCUT2D eigenvalue weighted by atomic mass is 32.1. The monoisotopic (exact) mass is 376 g/mol. The molecule has 0 saturated carbocycles. The summed E-state index contributed by atoms with van der Waals surface area (Å²) in [6.07, 6.45) is 1.08. The molecule has 0 saturated heterocycles. The number of benzene rings is 1. The van der Waals surface area contributed by atoms with Gasteiger partial charge in [-0.15, -0.1) is 10.2 Å². The van der Waals surface area contributed by atoms with E-state index < -0.39 is 24.5 Å². The molecule has 2 amide bonds. The van der Waals surface area contributed by atoms with E-state index in [2.05, 4.69) is 20.8 Å². The van der Waals surface area contributed by atoms with Crippen molar-refractivity contribution in [1.82, 2.24) is 15.5 Å². The maximum absolute atomic E-state index is 12.2. The van der Waals surface area contributed by atoms with Gasteiger partial charge in [0.2, 0.25) is 5.13 Å². The Hall–Kier alpha value is -2.81. The first-order valence-corrected chi connectivity index (χ1v) is 8.93. The van der Waals surface area contributed by atoms with Crippen molar-refractivity contribution >= 4 is 34.3 Å². The van der Waals surface area contributed by atoms with Crippen molar-refractivity contribution in [3.05, 3.63) is 40.9 Å². The molecule has 0 aliphatic carbocycles. The van der Waals surface area contributed by atoms with Crippen molar-refractivity contribution < 1.29 is 19.1 Å². The summed E-state index contributed by atoms with van der Waals surface area (Å²) in [6.45, 7) is 3.19. The summed E-state index contributed by atoms with van der Waals surface area (Å²) in [5.74, 6) is -1.53. The van der Waals surface area contributed by atoms with Gasteiger partial charge in [0.25, 0.3) is 11.8 Å². The minimum atomic E-state index is -0.815. The highest BCUT2D eigenvalue weighted by Crippen LogP contribution is 2.13. The van der Waals surface area contributed by atoms with E-state index >= 15 is 0 Å². The Morgan fingerprint density at radius 1 is 1.19 bits per heavy atom. The average molecular weight is 376 g/mol. The third-order valence-corrected chi connectivity index (χ3v) is 4.08. The number of anilines is 1. The van der Waals surface area contributed by atoms with Crippen LogP contribution < -0.4 is 10.6 Å². The third kappa shape index (κ3) is 5.92. The minimum Gasteiger partial charge on any atom is -0.454 e. The highest BCUT2D eigenvalue weighted by molar-refractivity contribution is 7.15. The van der Waals surface area contributed by atoms with E-state index in [0.29, 0.717) is 28.5 Å². The molecule has 26 heavy (non-hydrogen) atoms. The molecule has 0 unspecified atom stereocenters. The molecular weight excluding hydrogens is 356 g/mol. The molecule has 0 radical (unpaired) electrons. The van der Waals surface area contributed by atoms with Crippen LogP contribution in [-0.2, 0) is 14.3 Å². The number of hydrogen-bond donors (Lipinski definition) is 2. The Bertz CT molecular complexity index is 763. The van der Waals surface area contributed by atoms with Gasteiger partial charge in [-0.3, -0.25) is 14.9 Å². The second-order valence-electron chi connectivity index (χ2n) is 5.46. The zero-order chi connectivity index (χ0) is 18.9. The number of ether oxygens (including phenoxy) is 1. The smallest absolute Gasteiger partial charge is 0.329 e. The summed E-state index contributed by atoms with van der Waals surface area (Å²) >= 11 is 1.22. The second kappa shape index (κ2) is 9.62. The number of amides is 2. The van der Waals surface area contributed by atoms with Crippen LogP contribution in [0.1, 0.15) is 35.1 Å². The van der Waals surface area contributed by atoms with Gasteiger partial charge in [-0.05, 0) is 25.5 Å². The van der Waals surface area contributed by atoms with Gasteiger partial charge >= 0.3 is 5.97 Å². The molecule has 0 aliphatic heterocycles. The number of hydrogen-bond acceptors (Lipinski definition) is 7. The normalized spacial score (nSPS) is 11.5. The first-order valence-electron chi connectivity index (χ1n) is 8.12. The lowest BCUT2D eigenvalue weighted by Crippen LogP contribution is -2.42. The van der Waals surface area contributed by atoms with Crippen molar-refractivity contribution in [2.24, 2.45) is 0 Å². The number of carbonyl (C=O) groups is 3. The molecule has 138 valence electrons. The summed E-state index contributed by atoms with van der Waals surface area (Å²) < 4.78 is 5.03. The molecule has 0 aliphatic rings. The van der Waals surface area contributed by atoms with Gasteiger partial charge < -0.3 is 10.1 Å². The van der Waals surface area contributed by atoms with Gasteiger partial charge in [0, 0.05) is 5.56 Å². The maximum Gasteiger partial charge on any atom is 0.329 e. The summed E-state index contributed by atoms with van der Waals surface area (Å²) in [5, 5.41) is 13.7. The van der Waals surface area contributed by atoms with E-state index in [1.165, 1.54) is 11.3 Å². The summed E-state index contributed by atoms with van der Waals surface area (Å²) in [7, 11) is 0. The van der Waals surface area contributed by atoms with Crippen molar-refractivity contribution in [3.8, 4) is 0 Å². The molecule has 0 spiro atoms. The molecule has 8 nitrogen and oxygen atoms in total. The lowest BCUT2D eigenvalue weighted by atomic mass is 10.1. The fraction of sp³-hybridized carbons (Fsp3) is 0.353. The first kappa shape index (κ1) is 19.5. The van der Waals surface area contributed by atoms with Crippen molar-refractivity contribution in [1.29, 1.82) is 0 Å². The number of nitrogens with zero attached hydrogens (tertiary/aromatic N) is 2. The number of aromatic nitrogens is 2. The van der Waals surface area contributed by atoms with E-state index in [1.54, 1.807) is 37.3 Å². The summed E-state index contributed by atoms with van der Waals surface area (Å²) in [5.41, 5.74) is 0.450. The zero-order valence-electron chi connectivity index (χ0n) is 14.5. The average Bonchev–Trinajstić information content (AvgIpc) is 3.04. The van der Waals surface area contributed by atoms with E-state index in [-0.39, 0.29) is 5.91 Å². The fourth-order valence-corrected chi connectivity index (χ4v) is 2.72. The van der Waals surface area contributed by atoms with Gasteiger partial charge in [-0.1, -0.05) is 42.9 Å². The van der Waals surface area contributed by atoms with Gasteiger partial charge in [-0.2, -0.15) is 0 Å². The predicted molar refractivity (Wildman–Crippen MR) is 96.8 cm³/mol. The Labute approximate surface area is 155 Å². The van der Waals surface area contributed by atoms with E-state index in [4.69, 9.17) is 4.74 Å². The number of aryl methyl sites for hydroxylation is 1. The number of nitrogens with one attached hydrogen (secondary N) is 2. The van der Waals surface area contributed by atoms with Crippen LogP contribution in [-0.4, -0.2) is 40.6 Å². The second-order valence-corrected chi connectivity index (χ2v) is 6.64. The molecule has 2 N–H and O–H groups in total. The topological polar surface area (TPSA) is 110 Å². The van der Waals surface area contributed by atoms with Crippen LogP contribution in [0.15, 0.2) is 30.3 Å². The van der Waals surface area contributed by atoms with Crippen LogP contribution in [0.5, 0.6) is 0 Å². The number of rotatable bonds is 8. The van der Waals surface area contributed by atoms with E-state index in [0.717, 1.165) is 0 Å². The molecule has 1 aromatic heterocycles. The molecule has 2 rings (SSSR count). The van der Waals surface area contributed by atoms with E-state index in [9.17, 15) is 14.4 Å². The molecule has 2 aromatic rings. The first-order chi connectivity index (χ1) is 12.5. The van der Waals surface area contributed by atoms with Gasteiger partial charge in [-0.25, -0.2) is 4.79 Å². The molecule has 9 heteroatoms. The van der Waals surface area contributed by atoms with E-state index in [1.807, 2.05) is 6.92 Å². The van der Waals surface area contributed by atoms with Crippen LogP contribution in [0, 0.1) is 6.92 Å². The maximum atomic E-state index is 12.2. The quantitative estimate of drug-likeness (QED) is 0.681. The van der Waals surface area contributed by atoms with Gasteiger partial charge in [0.1, 0.15) is 11.0 Å². The van der Waals surface area contributed by atoms with Crippen LogP contribution in [0.2, 0.25) is 0 Å². The largest absolute Gasteiger partial charge is 0.454 e. The molecule has 1 heterocycles. The third-order valence-electron chi connectivity index (χ3n) is 3.32. The van der Waals surface area contributed by atoms with Gasteiger partial charge in [0.15, 0.2) is 6.61 Å². The van der Waals surface area contributed by atoms with Crippen LogP contribution in [0.4, 0.5) is 5.13 Å². The molecule has 1 aromatic carbocycles. The SMILES string of the molecule is CCC[C@@H](NC(=O)c1ccccc1)C(=O)OCC(=O)Nc1nnc(C)s1. The standard InChI is InChI=1S/C17H20N4O4S/c1-3-7-13(18-15(23)12-8-5-4-6-9-12)16(24)25-10-14(22)19-17-21-20-11(2)26-17/h4-6,8-9,13H,3,7,10H2,1-2H3,(H,18,23)(H,19,21,22)/t13-/m1/s1. The van der Waals surface area contributed by atoms with Crippen molar-refractivity contribution in [2.45, 2.75) is 32.7 Å². The van der Waals surface area contributed by atoms with Crippen molar-refractivity contribution in [3.63, 3.8) is 0 Å². The number of carbonyl (C=O) groups excluding carboxylic acids is 3. The lowest BCUT2D eigenvalue weighted by molar-refractivity contribution is -0.149. The fourth-order valence-electron chi connectivity index (χ4n) is 2.11.